The normalized spacial score (nSPS) is 21.2. The summed E-state index contributed by atoms with van der Waals surface area (Å²) in [6.07, 6.45) is 2.55. The van der Waals surface area contributed by atoms with Crippen LogP contribution in [0, 0.1) is 0 Å². The van der Waals surface area contributed by atoms with Crippen LogP contribution in [0.3, 0.4) is 0 Å². The Labute approximate surface area is 88.6 Å². The smallest absolute Gasteiger partial charge is 0.0795 e. The maximum atomic E-state index is 4.25. The summed E-state index contributed by atoms with van der Waals surface area (Å²) in [7, 11) is 0. The van der Waals surface area contributed by atoms with E-state index in [-0.39, 0.29) is 24.8 Å². The van der Waals surface area contributed by atoms with E-state index in [1.807, 2.05) is 5.51 Å². The zero-order valence-corrected chi connectivity index (χ0v) is 8.97. The molecule has 1 saturated heterocycles. The Bertz CT molecular complexity index is 197. The van der Waals surface area contributed by atoms with Gasteiger partial charge >= 0.3 is 0 Å². The summed E-state index contributed by atoms with van der Waals surface area (Å²) in [6.45, 7) is 1.15. The van der Waals surface area contributed by atoms with E-state index in [4.69, 9.17) is 0 Å². The molecule has 1 unspecified atom stereocenters. The molecule has 1 aromatic rings. The Balaban J connectivity index is 0.000000605. The van der Waals surface area contributed by atoms with E-state index in [1.54, 1.807) is 11.3 Å². The van der Waals surface area contributed by atoms with Gasteiger partial charge in [-0.2, -0.15) is 0 Å². The van der Waals surface area contributed by atoms with Crippen LogP contribution in [-0.2, 0) is 0 Å². The van der Waals surface area contributed by atoms with Crippen molar-refractivity contribution >= 4 is 36.2 Å². The molecule has 2 nitrogen and oxygen atoms in total. The molecule has 0 bridgehead atoms. The predicted octanol–water partition coefficient (Wildman–Crippen LogP) is 2.41. The molecule has 0 saturated carbocycles. The molecule has 1 fully saturated rings. The van der Waals surface area contributed by atoms with Gasteiger partial charge in [-0.15, -0.1) is 36.2 Å². The molecule has 1 aliphatic rings. The number of thiazole rings is 1. The highest BCUT2D eigenvalue weighted by Gasteiger charge is 2.16. The van der Waals surface area contributed by atoms with Crippen molar-refractivity contribution in [3.05, 3.63) is 16.6 Å². The summed E-state index contributed by atoms with van der Waals surface area (Å²) < 4.78 is 0. The molecular formula is C7H12Cl2N2S. The number of nitrogens with one attached hydrogen (secondary N) is 1. The lowest BCUT2D eigenvalue weighted by Gasteiger charge is -2.03. The number of nitrogens with zero attached hydrogens (tertiary/aromatic N) is 1. The number of rotatable bonds is 1. The van der Waals surface area contributed by atoms with E-state index in [1.165, 1.54) is 18.5 Å². The fourth-order valence-corrected chi connectivity index (χ4v) is 1.94. The second-order valence-electron chi connectivity index (χ2n) is 2.56. The van der Waals surface area contributed by atoms with Gasteiger partial charge < -0.3 is 5.32 Å². The first-order valence-corrected chi connectivity index (χ1v) is 4.52. The lowest BCUT2D eigenvalue weighted by atomic mass is 10.2. The molecule has 2 heterocycles. The Morgan fingerprint density at radius 2 is 2.33 bits per heavy atom. The topological polar surface area (TPSA) is 24.9 Å². The molecule has 0 amide bonds. The Hall–Kier alpha value is 0.170. The van der Waals surface area contributed by atoms with Crippen molar-refractivity contribution in [1.29, 1.82) is 0 Å². The highest BCUT2D eigenvalue weighted by molar-refractivity contribution is 7.07. The van der Waals surface area contributed by atoms with Gasteiger partial charge in [-0.25, -0.2) is 4.98 Å². The minimum absolute atomic E-state index is 0. The summed E-state index contributed by atoms with van der Waals surface area (Å²) in [5.41, 5.74) is 3.12. The third-order valence-corrected chi connectivity index (χ3v) is 2.47. The van der Waals surface area contributed by atoms with E-state index >= 15 is 0 Å². The van der Waals surface area contributed by atoms with E-state index in [0.717, 1.165) is 6.54 Å². The highest BCUT2D eigenvalue weighted by atomic mass is 35.5. The fraction of sp³-hybridized carbons (Fsp3) is 0.571. The summed E-state index contributed by atoms with van der Waals surface area (Å²) >= 11 is 1.68. The third kappa shape index (κ3) is 2.59. The molecule has 1 atom stereocenters. The Kier molecular flexibility index (Phi) is 5.84. The Morgan fingerprint density at radius 3 is 2.83 bits per heavy atom. The summed E-state index contributed by atoms with van der Waals surface area (Å²) in [5.74, 6) is 0. The molecule has 5 heteroatoms. The van der Waals surface area contributed by atoms with E-state index < -0.39 is 0 Å². The van der Waals surface area contributed by atoms with Crippen molar-refractivity contribution in [2.45, 2.75) is 18.9 Å². The van der Waals surface area contributed by atoms with Crippen LogP contribution in [-0.4, -0.2) is 11.5 Å². The van der Waals surface area contributed by atoms with Crippen LogP contribution in [0.4, 0.5) is 0 Å². The lowest BCUT2D eigenvalue weighted by molar-refractivity contribution is 0.632. The van der Waals surface area contributed by atoms with E-state index in [2.05, 4.69) is 15.7 Å². The SMILES string of the molecule is Cl.Cl.c1nc(C2CCCN2)cs1. The van der Waals surface area contributed by atoms with Gasteiger partial charge in [-0.3, -0.25) is 0 Å². The third-order valence-electron chi connectivity index (χ3n) is 1.87. The quantitative estimate of drug-likeness (QED) is 0.796. The van der Waals surface area contributed by atoms with E-state index in [9.17, 15) is 0 Å². The highest BCUT2D eigenvalue weighted by Crippen LogP contribution is 2.21. The first-order chi connectivity index (χ1) is 4.97. The summed E-state index contributed by atoms with van der Waals surface area (Å²) in [6, 6.07) is 0.547. The molecular weight excluding hydrogens is 215 g/mol. The molecule has 2 rings (SSSR count). The van der Waals surface area contributed by atoms with Gasteiger partial charge in [-0.1, -0.05) is 0 Å². The van der Waals surface area contributed by atoms with Gasteiger partial charge in [-0.05, 0) is 19.4 Å². The van der Waals surface area contributed by atoms with Crippen LogP contribution in [0.5, 0.6) is 0 Å². The van der Waals surface area contributed by atoms with Gasteiger partial charge in [0.25, 0.3) is 0 Å². The number of aromatic nitrogens is 1. The van der Waals surface area contributed by atoms with Crippen molar-refractivity contribution in [2.24, 2.45) is 0 Å². The van der Waals surface area contributed by atoms with Crippen LogP contribution in [0.2, 0.25) is 0 Å². The molecule has 0 aromatic carbocycles. The van der Waals surface area contributed by atoms with Crippen molar-refractivity contribution in [3.8, 4) is 0 Å². The molecule has 0 radical (unpaired) electrons. The minimum atomic E-state index is 0. The second-order valence-corrected chi connectivity index (χ2v) is 3.28. The number of halogens is 2. The maximum Gasteiger partial charge on any atom is 0.0795 e. The predicted molar refractivity (Wildman–Crippen MR) is 56.6 cm³/mol. The van der Waals surface area contributed by atoms with E-state index in [0.29, 0.717) is 6.04 Å². The Morgan fingerprint density at radius 1 is 1.50 bits per heavy atom. The average molecular weight is 227 g/mol. The van der Waals surface area contributed by atoms with Gasteiger partial charge in [0.1, 0.15) is 0 Å². The standard InChI is InChI=1S/C7H10N2S.2ClH/c1-2-6(8-3-1)7-4-10-5-9-7;;/h4-6,8H,1-3H2;2*1H. The molecule has 70 valence electrons. The van der Waals surface area contributed by atoms with Crippen molar-refractivity contribution < 1.29 is 0 Å². The molecule has 0 aliphatic carbocycles. The summed E-state index contributed by atoms with van der Waals surface area (Å²) in [5, 5.41) is 5.53. The molecule has 1 aliphatic heterocycles. The molecule has 0 spiro atoms. The zero-order valence-electron chi connectivity index (χ0n) is 6.53. The summed E-state index contributed by atoms with van der Waals surface area (Å²) in [4.78, 5) is 4.25. The van der Waals surface area contributed by atoms with Crippen LogP contribution in [0.1, 0.15) is 24.6 Å². The second kappa shape index (κ2) is 5.75. The monoisotopic (exact) mass is 226 g/mol. The van der Waals surface area contributed by atoms with Crippen molar-refractivity contribution in [3.63, 3.8) is 0 Å². The maximum absolute atomic E-state index is 4.25. The van der Waals surface area contributed by atoms with Gasteiger partial charge in [0, 0.05) is 5.38 Å². The molecule has 1 aromatic heterocycles. The van der Waals surface area contributed by atoms with Gasteiger partial charge in [0.15, 0.2) is 0 Å². The largest absolute Gasteiger partial charge is 0.309 e. The number of hydrogen-bond acceptors (Lipinski definition) is 3. The van der Waals surface area contributed by atoms with Crippen LogP contribution < -0.4 is 5.32 Å². The van der Waals surface area contributed by atoms with Crippen molar-refractivity contribution in [2.75, 3.05) is 6.54 Å². The molecule has 1 N–H and O–H groups in total. The zero-order chi connectivity index (χ0) is 6.81. The molecule has 12 heavy (non-hydrogen) atoms. The van der Waals surface area contributed by atoms with Gasteiger partial charge in [0.05, 0.1) is 17.2 Å². The first-order valence-electron chi connectivity index (χ1n) is 3.58. The minimum Gasteiger partial charge on any atom is -0.309 e. The van der Waals surface area contributed by atoms with Crippen LogP contribution in [0.15, 0.2) is 10.9 Å². The van der Waals surface area contributed by atoms with Crippen LogP contribution >= 0.6 is 36.2 Å². The van der Waals surface area contributed by atoms with Crippen LogP contribution in [0.25, 0.3) is 0 Å². The first kappa shape index (κ1) is 12.2. The number of hydrogen-bond donors (Lipinski definition) is 1. The lowest BCUT2D eigenvalue weighted by Crippen LogP contribution is -2.12. The fourth-order valence-electron chi connectivity index (χ4n) is 1.33. The van der Waals surface area contributed by atoms with Gasteiger partial charge in [0.2, 0.25) is 0 Å². The van der Waals surface area contributed by atoms with Crippen molar-refractivity contribution in [1.82, 2.24) is 10.3 Å². The average Bonchev–Trinajstić information content (AvgIpc) is 2.59.